The summed E-state index contributed by atoms with van der Waals surface area (Å²) in [6.45, 7) is 2.13. The van der Waals surface area contributed by atoms with Crippen LogP contribution in [0.1, 0.15) is 48.7 Å². The van der Waals surface area contributed by atoms with Gasteiger partial charge >= 0.3 is 5.97 Å². The molecule has 1 aromatic carbocycles. The zero-order chi connectivity index (χ0) is 18.6. The van der Waals surface area contributed by atoms with Gasteiger partial charge in [-0.05, 0) is 50.1 Å². The molecule has 0 radical (unpaired) electrons. The van der Waals surface area contributed by atoms with Gasteiger partial charge in [0.05, 0.1) is 29.9 Å². The molecule has 1 aromatic heterocycles. The van der Waals surface area contributed by atoms with Gasteiger partial charge in [-0.15, -0.1) is 0 Å². The van der Waals surface area contributed by atoms with Crippen LogP contribution >= 0.6 is 0 Å². The summed E-state index contributed by atoms with van der Waals surface area (Å²) in [6, 6.07) is 9.49. The molecule has 0 atom stereocenters. The van der Waals surface area contributed by atoms with Crippen LogP contribution in [0.3, 0.4) is 0 Å². The van der Waals surface area contributed by atoms with E-state index in [4.69, 9.17) is 9.15 Å². The van der Waals surface area contributed by atoms with E-state index >= 15 is 0 Å². The lowest BCUT2D eigenvalue weighted by molar-refractivity contribution is 0.0526. The van der Waals surface area contributed by atoms with Crippen LogP contribution in [0.5, 0.6) is 0 Å². The average molecular weight is 377 g/mol. The van der Waals surface area contributed by atoms with Crippen LogP contribution in [0.2, 0.25) is 0 Å². The second-order valence-electron chi connectivity index (χ2n) is 6.32. The molecular formula is C19H23NO5S. The Hall–Kier alpha value is -2.12. The average Bonchev–Trinajstić information content (AvgIpc) is 3.33. The third-order valence-corrected chi connectivity index (χ3v) is 6.47. The van der Waals surface area contributed by atoms with Gasteiger partial charge in [0, 0.05) is 6.04 Å². The molecule has 1 aliphatic carbocycles. The third-order valence-electron chi connectivity index (χ3n) is 4.58. The van der Waals surface area contributed by atoms with Crippen molar-refractivity contribution in [2.75, 3.05) is 6.61 Å². The molecule has 7 heteroatoms. The Morgan fingerprint density at radius 2 is 2.00 bits per heavy atom. The lowest BCUT2D eigenvalue weighted by atomic mass is 10.2. The molecule has 0 amide bonds. The van der Waals surface area contributed by atoms with E-state index in [1.807, 2.05) is 0 Å². The summed E-state index contributed by atoms with van der Waals surface area (Å²) in [7, 11) is -3.77. The minimum atomic E-state index is -3.77. The molecule has 2 aromatic rings. The van der Waals surface area contributed by atoms with Gasteiger partial charge < -0.3 is 9.15 Å². The fraction of sp³-hybridized carbons (Fsp3) is 0.421. The fourth-order valence-electron chi connectivity index (χ4n) is 3.29. The molecule has 3 rings (SSSR count). The second-order valence-corrected chi connectivity index (χ2v) is 8.21. The summed E-state index contributed by atoms with van der Waals surface area (Å²) >= 11 is 0. The number of carbonyl (C=O) groups is 1. The Bertz CT molecular complexity index is 839. The minimum Gasteiger partial charge on any atom is -0.468 e. The summed E-state index contributed by atoms with van der Waals surface area (Å²) in [5.41, 5.74) is 0.234. The molecule has 1 saturated carbocycles. The molecule has 0 saturated heterocycles. The van der Waals surface area contributed by atoms with E-state index in [9.17, 15) is 13.2 Å². The molecular weight excluding hydrogens is 354 g/mol. The van der Waals surface area contributed by atoms with Crippen LogP contribution in [-0.2, 0) is 21.3 Å². The van der Waals surface area contributed by atoms with Gasteiger partial charge in [0.1, 0.15) is 5.76 Å². The van der Waals surface area contributed by atoms with Crippen LogP contribution in [0, 0.1) is 0 Å². The molecule has 1 aliphatic rings. The van der Waals surface area contributed by atoms with Gasteiger partial charge in [0.15, 0.2) is 0 Å². The standard InChI is InChI=1S/C19H23NO5S/c1-2-24-19(21)15-7-5-11-18(13-15)26(22,23)20(16-8-3-4-9-16)14-17-10-6-12-25-17/h5-7,10-13,16H,2-4,8-9,14H2,1H3. The molecule has 26 heavy (non-hydrogen) atoms. The first-order valence-electron chi connectivity index (χ1n) is 8.84. The number of ether oxygens (including phenoxy) is 1. The summed E-state index contributed by atoms with van der Waals surface area (Å²) in [5.74, 6) is 0.0741. The Labute approximate surface area is 153 Å². The summed E-state index contributed by atoms with van der Waals surface area (Å²) in [5, 5.41) is 0. The van der Waals surface area contributed by atoms with Gasteiger partial charge in [-0.2, -0.15) is 4.31 Å². The van der Waals surface area contributed by atoms with Crippen LogP contribution in [0.25, 0.3) is 0 Å². The maximum Gasteiger partial charge on any atom is 0.338 e. The minimum absolute atomic E-state index is 0.0589. The van der Waals surface area contributed by atoms with Gasteiger partial charge in [-0.25, -0.2) is 13.2 Å². The molecule has 0 N–H and O–H groups in total. The molecule has 6 nitrogen and oxygen atoms in total. The van der Waals surface area contributed by atoms with Crippen LogP contribution in [0.4, 0.5) is 0 Å². The highest BCUT2D eigenvalue weighted by molar-refractivity contribution is 7.89. The Morgan fingerprint density at radius 1 is 1.23 bits per heavy atom. The van der Waals surface area contributed by atoms with Crippen LogP contribution < -0.4 is 0 Å². The number of carbonyl (C=O) groups excluding carboxylic acids is 1. The van der Waals surface area contributed by atoms with Gasteiger partial charge in [-0.3, -0.25) is 0 Å². The van der Waals surface area contributed by atoms with Crippen molar-refractivity contribution in [3.05, 3.63) is 54.0 Å². The molecule has 140 valence electrons. The lowest BCUT2D eigenvalue weighted by Crippen LogP contribution is -2.38. The molecule has 0 spiro atoms. The van der Waals surface area contributed by atoms with E-state index < -0.39 is 16.0 Å². The summed E-state index contributed by atoms with van der Waals surface area (Å²) in [4.78, 5) is 12.1. The highest BCUT2D eigenvalue weighted by Crippen LogP contribution is 2.30. The number of hydrogen-bond acceptors (Lipinski definition) is 5. The summed E-state index contributed by atoms with van der Waals surface area (Å²) in [6.07, 6.45) is 5.22. The molecule has 1 fully saturated rings. The number of sulfonamides is 1. The van der Waals surface area contributed by atoms with E-state index in [1.54, 1.807) is 31.2 Å². The number of hydrogen-bond donors (Lipinski definition) is 0. The van der Waals surface area contributed by atoms with Crippen molar-refractivity contribution >= 4 is 16.0 Å². The van der Waals surface area contributed by atoms with Crippen LogP contribution in [-0.4, -0.2) is 31.3 Å². The largest absolute Gasteiger partial charge is 0.468 e. The van der Waals surface area contributed by atoms with Gasteiger partial charge in [0.25, 0.3) is 0 Å². The SMILES string of the molecule is CCOC(=O)c1cccc(S(=O)(=O)N(Cc2ccco2)C2CCCC2)c1. The fourth-order valence-corrected chi connectivity index (χ4v) is 4.99. The first kappa shape index (κ1) is 18.7. The predicted octanol–water partition coefficient (Wildman–Crippen LogP) is 3.59. The highest BCUT2D eigenvalue weighted by Gasteiger charge is 2.34. The quantitative estimate of drug-likeness (QED) is 0.689. The lowest BCUT2D eigenvalue weighted by Gasteiger charge is -2.27. The van der Waals surface area contributed by atoms with Crippen molar-refractivity contribution in [1.82, 2.24) is 4.31 Å². The maximum absolute atomic E-state index is 13.3. The van der Waals surface area contributed by atoms with Crippen molar-refractivity contribution < 1.29 is 22.4 Å². The van der Waals surface area contributed by atoms with E-state index in [2.05, 4.69) is 0 Å². The van der Waals surface area contributed by atoms with E-state index in [0.717, 1.165) is 25.7 Å². The van der Waals surface area contributed by atoms with Crippen molar-refractivity contribution in [3.63, 3.8) is 0 Å². The first-order chi connectivity index (χ1) is 12.5. The number of rotatable bonds is 7. The van der Waals surface area contributed by atoms with E-state index in [-0.39, 0.29) is 29.7 Å². The van der Waals surface area contributed by atoms with E-state index in [1.165, 1.54) is 22.7 Å². The number of furan rings is 1. The predicted molar refractivity (Wildman–Crippen MR) is 96.1 cm³/mol. The number of benzene rings is 1. The highest BCUT2D eigenvalue weighted by atomic mass is 32.2. The zero-order valence-corrected chi connectivity index (χ0v) is 15.6. The topological polar surface area (TPSA) is 76.8 Å². The monoisotopic (exact) mass is 377 g/mol. The normalized spacial score (nSPS) is 15.5. The Kier molecular flexibility index (Phi) is 5.78. The van der Waals surface area contributed by atoms with Crippen molar-refractivity contribution in [2.45, 2.75) is 50.1 Å². The van der Waals surface area contributed by atoms with Crippen molar-refractivity contribution in [1.29, 1.82) is 0 Å². The zero-order valence-electron chi connectivity index (χ0n) is 14.8. The number of nitrogens with zero attached hydrogens (tertiary/aromatic N) is 1. The van der Waals surface area contributed by atoms with E-state index in [0.29, 0.717) is 5.76 Å². The third kappa shape index (κ3) is 3.99. The maximum atomic E-state index is 13.3. The summed E-state index contributed by atoms with van der Waals surface area (Å²) < 4.78 is 38.5. The van der Waals surface area contributed by atoms with Crippen LogP contribution in [0.15, 0.2) is 52.0 Å². The second kappa shape index (κ2) is 8.05. The Morgan fingerprint density at radius 3 is 2.65 bits per heavy atom. The number of esters is 1. The molecule has 0 aliphatic heterocycles. The van der Waals surface area contributed by atoms with Gasteiger partial charge in [0.2, 0.25) is 10.0 Å². The smallest absolute Gasteiger partial charge is 0.338 e. The van der Waals surface area contributed by atoms with Gasteiger partial charge in [-0.1, -0.05) is 18.9 Å². The molecule has 1 heterocycles. The van der Waals surface area contributed by atoms with Crippen molar-refractivity contribution in [3.8, 4) is 0 Å². The Balaban J connectivity index is 1.94. The molecule has 0 bridgehead atoms. The first-order valence-corrected chi connectivity index (χ1v) is 10.3. The molecule has 0 unspecified atom stereocenters. The van der Waals surface area contributed by atoms with Crippen molar-refractivity contribution in [2.24, 2.45) is 0 Å².